The molecule has 29 heavy (non-hydrogen) atoms. The molecule has 2 aromatic carbocycles. The van der Waals surface area contributed by atoms with Crippen LogP contribution in [0.5, 0.6) is 0 Å². The number of esters is 1. The van der Waals surface area contributed by atoms with Crippen LogP contribution in [0.1, 0.15) is 29.3 Å². The number of nitro groups is 1. The number of ether oxygens (including phenoxy) is 1. The Bertz CT molecular complexity index is 868. The van der Waals surface area contributed by atoms with Gasteiger partial charge in [-0.05, 0) is 37.5 Å². The molecule has 1 N–H and O–H groups in total. The van der Waals surface area contributed by atoms with E-state index >= 15 is 0 Å². The molecule has 2 aromatic rings. The molecule has 8 nitrogen and oxygen atoms in total. The van der Waals surface area contributed by atoms with Crippen LogP contribution >= 0.6 is 0 Å². The second kappa shape index (κ2) is 10.2. The molecule has 0 unspecified atom stereocenters. The fraction of sp³-hybridized carbons (Fsp3) is 0.333. The number of rotatable bonds is 9. The molecule has 0 bridgehead atoms. The van der Waals surface area contributed by atoms with E-state index in [0.29, 0.717) is 5.69 Å². The van der Waals surface area contributed by atoms with Crippen molar-refractivity contribution in [3.8, 4) is 0 Å². The van der Waals surface area contributed by atoms with Gasteiger partial charge in [-0.15, -0.1) is 0 Å². The second-order valence-corrected chi connectivity index (χ2v) is 6.92. The van der Waals surface area contributed by atoms with Crippen molar-refractivity contribution in [2.75, 3.05) is 25.6 Å². The van der Waals surface area contributed by atoms with E-state index in [-0.39, 0.29) is 17.3 Å². The highest BCUT2D eigenvalue weighted by molar-refractivity contribution is 5.93. The number of nitro benzene ring substituents is 1. The quantitative estimate of drug-likeness (QED) is 0.395. The van der Waals surface area contributed by atoms with Gasteiger partial charge in [0.15, 0.2) is 6.61 Å². The number of amides is 1. The van der Waals surface area contributed by atoms with Crippen molar-refractivity contribution >= 4 is 23.3 Å². The number of aryl methyl sites for hydroxylation is 1. The zero-order valence-corrected chi connectivity index (χ0v) is 16.8. The number of carbonyl (C=O) groups excluding carboxylic acids is 2. The standard InChI is InChI=1S/C21H25N3O5/c1-15(9-10-16-7-5-4-6-8-16)22-20(25)14-29-21(26)17-11-12-18(23(2)3)19(13-17)24(27)28/h4-8,11-13,15H,9-10,14H2,1-3H3,(H,22,25)/t15-/m0/s1. The fourth-order valence-corrected chi connectivity index (χ4v) is 2.81. The van der Waals surface area contributed by atoms with E-state index in [0.717, 1.165) is 18.9 Å². The molecule has 0 aromatic heterocycles. The number of hydrogen-bond donors (Lipinski definition) is 1. The van der Waals surface area contributed by atoms with Crippen molar-refractivity contribution in [2.45, 2.75) is 25.8 Å². The Hall–Kier alpha value is -3.42. The molecule has 1 amide bonds. The lowest BCUT2D eigenvalue weighted by molar-refractivity contribution is -0.384. The zero-order chi connectivity index (χ0) is 21.4. The summed E-state index contributed by atoms with van der Waals surface area (Å²) < 4.78 is 5.00. The summed E-state index contributed by atoms with van der Waals surface area (Å²) >= 11 is 0. The highest BCUT2D eigenvalue weighted by atomic mass is 16.6. The van der Waals surface area contributed by atoms with Gasteiger partial charge < -0.3 is 15.0 Å². The zero-order valence-electron chi connectivity index (χ0n) is 16.8. The third-order valence-corrected chi connectivity index (χ3v) is 4.34. The van der Waals surface area contributed by atoms with E-state index in [4.69, 9.17) is 4.74 Å². The Labute approximate surface area is 169 Å². The largest absolute Gasteiger partial charge is 0.452 e. The van der Waals surface area contributed by atoms with Crippen LogP contribution in [0.3, 0.4) is 0 Å². The van der Waals surface area contributed by atoms with Gasteiger partial charge in [0.05, 0.1) is 10.5 Å². The molecule has 2 rings (SSSR count). The molecule has 0 heterocycles. The van der Waals surface area contributed by atoms with Gasteiger partial charge in [-0.2, -0.15) is 0 Å². The Morgan fingerprint density at radius 1 is 1.17 bits per heavy atom. The first-order valence-electron chi connectivity index (χ1n) is 9.24. The van der Waals surface area contributed by atoms with Crippen molar-refractivity contribution in [1.29, 1.82) is 0 Å². The molecule has 0 saturated heterocycles. The maximum absolute atomic E-state index is 12.2. The van der Waals surface area contributed by atoms with Crippen molar-refractivity contribution in [3.63, 3.8) is 0 Å². The van der Waals surface area contributed by atoms with E-state index in [9.17, 15) is 19.7 Å². The van der Waals surface area contributed by atoms with Gasteiger partial charge in [0.1, 0.15) is 5.69 Å². The van der Waals surface area contributed by atoms with E-state index in [1.165, 1.54) is 17.7 Å². The van der Waals surface area contributed by atoms with Crippen LogP contribution in [0.4, 0.5) is 11.4 Å². The summed E-state index contributed by atoms with van der Waals surface area (Å²) in [6, 6.07) is 13.9. The van der Waals surface area contributed by atoms with Crippen LogP contribution in [-0.4, -0.2) is 43.5 Å². The Balaban J connectivity index is 1.85. The molecule has 0 aliphatic rings. The molecule has 0 aliphatic carbocycles. The molecule has 0 fully saturated rings. The van der Waals surface area contributed by atoms with Crippen LogP contribution in [0.25, 0.3) is 0 Å². The van der Waals surface area contributed by atoms with Gasteiger partial charge in [-0.1, -0.05) is 30.3 Å². The molecule has 0 saturated carbocycles. The third kappa shape index (κ3) is 6.60. The highest BCUT2D eigenvalue weighted by Crippen LogP contribution is 2.27. The van der Waals surface area contributed by atoms with Crippen LogP contribution in [0.2, 0.25) is 0 Å². The van der Waals surface area contributed by atoms with Crippen LogP contribution in [-0.2, 0) is 16.0 Å². The molecular weight excluding hydrogens is 374 g/mol. The lowest BCUT2D eigenvalue weighted by Crippen LogP contribution is -2.36. The van der Waals surface area contributed by atoms with Crippen LogP contribution in [0.15, 0.2) is 48.5 Å². The summed E-state index contributed by atoms with van der Waals surface area (Å²) in [6.07, 6.45) is 1.58. The molecular formula is C21H25N3O5. The molecule has 1 atom stereocenters. The first-order valence-corrected chi connectivity index (χ1v) is 9.24. The van der Waals surface area contributed by atoms with Crippen molar-refractivity contribution in [2.24, 2.45) is 0 Å². The second-order valence-electron chi connectivity index (χ2n) is 6.92. The topological polar surface area (TPSA) is 102 Å². The van der Waals surface area contributed by atoms with E-state index in [1.807, 2.05) is 37.3 Å². The Morgan fingerprint density at radius 3 is 2.48 bits per heavy atom. The summed E-state index contributed by atoms with van der Waals surface area (Å²) in [5.74, 6) is -1.20. The van der Waals surface area contributed by atoms with Crippen molar-refractivity contribution in [3.05, 3.63) is 69.8 Å². The lowest BCUT2D eigenvalue weighted by Gasteiger charge is -2.15. The summed E-state index contributed by atoms with van der Waals surface area (Å²) in [6.45, 7) is 1.43. The third-order valence-electron chi connectivity index (χ3n) is 4.34. The average Bonchev–Trinajstić information content (AvgIpc) is 2.70. The molecule has 0 spiro atoms. The van der Waals surface area contributed by atoms with Gasteiger partial charge in [0.25, 0.3) is 11.6 Å². The van der Waals surface area contributed by atoms with Gasteiger partial charge in [0, 0.05) is 26.2 Å². The van der Waals surface area contributed by atoms with Gasteiger partial charge in [-0.3, -0.25) is 14.9 Å². The number of nitrogens with one attached hydrogen (secondary N) is 1. The predicted molar refractivity (Wildman–Crippen MR) is 110 cm³/mol. The molecule has 154 valence electrons. The van der Waals surface area contributed by atoms with E-state index in [2.05, 4.69) is 5.32 Å². The van der Waals surface area contributed by atoms with Crippen molar-refractivity contribution in [1.82, 2.24) is 5.32 Å². The Kier molecular flexibility index (Phi) is 7.70. The van der Waals surface area contributed by atoms with Crippen LogP contribution < -0.4 is 10.2 Å². The smallest absolute Gasteiger partial charge is 0.338 e. The molecule has 8 heteroatoms. The first kappa shape index (κ1) is 21.9. The maximum Gasteiger partial charge on any atom is 0.338 e. The van der Waals surface area contributed by atoms with E-state index in [1.54, 1.807) is 19.0 Å². The summed E-state index contributed by atoms with van der Waals surface area (Å²) in [4.78, 5) is 36.4. The minimum Gasteiger partial charge on any atom is -0.452 e. The van der Waals surface area contributed by atoms with Gasteiger partial charge in [-0.25, -0.2) is 4.79 Å². The molecule has 0 radical (unpaired) electrons. The minimum atomic E-state index is -0.787. The Morgan fingerprint density at radius 2 is 1.86 bits per heavy atom. The monoisotopic (exact) mass is 399 g/mol. The highest BCUT2D eigenvalue weighted by Gasteiger charge is 2.20. The fourth-order valence-electron chi connectivity index (χ4n) is 2.81. The number of benzene rings is 2. The van der Waals surface area contributed by atoms with Gasteiger partial charge >= 0.3 is 5.97 Å². The number of carbonyl (C=O) groups is 2. The van der Waals surface area contributed by atoms with E-state index < -0.39 is 23.4 Å². The summed E-state index contributed by atoms with van der Waals surface area (Å²) in [7, 11) is 3.34. The predicted octanol–water partition coefficient (Wildman–Crippen LogP) is 2.96. The maximum atomic E-state index is 12.2. The summed E-state index contributed by atoms with van der Waals surface area (Å²) in [5, 5.41) is 14.0. The average molecular weight is 399 g/mol. The first-order chi connectivity index (χ1) is 13.8. The lowest BCUT2D eigenvalue weighted by atomic mass is 10.1. The molecule has 0 aliphatic heterocycles. The number of hydrogen-bond acceptors (Lipinski definition) is 6. The normalized spacial score (nSPS) is 11.4. The van der Waals surface area contributed by atoms with Gasteiger partial charge in [0.2, 0.25) is 0 Å². The number of nitrogens with zero attached hydrogens (tertiary/aromatic N) is 2. The SMILES string of the molecule is C[C@@H](CCc1ccccc1)NC(=O)COC(=O)c1ccc(N(C)C)c([N+](=O)[O-])c1. The minimum absolute atomic E-state index is 0.0206. The van der Waals surface area contributed by atoms with Crippen LogP contribution in [0, 0.1) is 10.1 Å². The van der Waals surface area contributed by atoms with Crippen molar-refractivity contribution < 1.29 is 19.2 Å². The summed E-state index contributed by atoms with van der Waals surface area (Å²) in [5.41, 5.74) is 1.37. The number of anilines is 1.